The van der Waals surface area contributed by atoms with Gasteiger partial charge in [0.2, 0.25) is 0 Å². The predicted molar refractivity (Wildman–Crippen MR) is 77.1 cm³/mol. The largest absolute Gasteiger partial charge is 0.316 e. The summed E-state index contributed by atoms with van der Waals surface area (Å²) in [5.41, 5.74) is 2.57. The molecule has 2 aromatic rings. The molecule has 1 heterocycles. The lowest BCUT2D eigenvalue weighted by atomic mass is 10.1. The van der Waals surface area contributed by atoms with Crippen LogP contribution in [-0.4, -0.2) is 21.8 Å². The van der Waals surface area contributed by atoms with Crippen LogP contribution >= 0.6 is 0 Å². The maximum atomic E-state index is 4.55. The molecule has 1 N–H and O–H groups in total. The van der Waals surface area contributed by atoms with Gasteiger partial charge in [0.15, 0.2) is 5.82 Å². The minimum absolute atomic E-state index is 0.802. The van der Waals surface area contributed by atoms with Crippen molar-refractivity contribution in [2.24, 2.45) is 0 Å². The lowest BCUT2D eigenvalue weighted by molar-refractivity contribution is 0.637. The fraction of sp³-hybridized carbons (Fsp3) is 0.467. The molecule has 0 radical (unpaired) electrons. The van der Waals surface area contributed by atoms with Crippen molar-refractivity contribution in [1.29, 1.82) is 0 Å². The Morgan fingerprint density at radius 3 is 2.32 bits per heavy atom. The number of benzene rings is 1. The minimum Gasteiger partial charge on any atom is -0.316 e. The summed E-state index contributed by atoms with van der Waals surface area (Å²) >= 11 is 0. The zero-order valence-corrected chi connectivity index (χ0v) is 12.0. The molecule has 4 nitrogen and oxygen atoms in total. The van der Waals surface area contributed by atoms with Gasteiger partial charge in [0.1, 0.15) is 5.82 Å². The van der Waals surface area contributed by atoms with Crippen LogP contribution in [0.2, 0.25) is 0 Å². The number of hydrogen-bond acceptors (Lipinski definition) is 3. The summed E-state index contributed by atoms with van der Waals surface area (Å²) in [7, 11) is 1.96. The first-order valence-corrected chi connectivity index (χ1v) is 6.91. The highest BCUT2D eigenvalue weighted by molar-refractivity contribution is 5.22. The van der Waals surface area contributed by atoms with Gasteiger partial charge in [0.25, 0.3) is 0 Å². The molecular formula is C15H22N4. The molecule has 4 heteroatoms. The monoisotopic (exact) mass is 258 g/mol. The molecule has 0 saturated carbocycles. The number of hydrogen-bond donors (Lipinski definition) is 1. The van der Waals surface area contributed by atoms with Gasteiger partial charge >= 0.3 is 0 Å². The maximum absolute atomic E-state index is 4.55. The van der Waals surface area contributed by atoms with Crippen LogP contribution in [-0.2, 0) is 25.9 Å². The summed E-state index contributed by atoms with van der Waals surface area (Å²) in [5, 5.41) is 7.70. The van der Waals surface area contributed by atoms with Crippen LogP contribution < -0.4 is 5.32 Å². The van der Waals surface area contributed by atoms with Crippen LogP contribution in [0.3, 0.4) is 0 Å². The first-order valence-electron chi connectivity index (χ1n) is 6.91. The molecule has 0 amide bonds. The molecule has 2 rings (SSSR count). The third kappa shape index (κ3) is 3.41. The van der Waals surface area contributed by atoms with Gasteiger partial charge in [-0.3, -0.25) is 0 Å². The van der Waals surface area contributed by atoms with E-state index in [2.05, 4.69) is 53.5 Å². The Morgan fingerprint density at radius 2 is 1.74 bits per heavy atom. The maximum Gasteiger partial charge on any atom is 0.150 e. The molecule has 1 aromatic heterocycles. The zero-order valence-electron chi connectivity index (χ0n) is 12.0. The molecule has 0 fully saturated rings. The number of aryl methyl sites for hydroxylation is 2. The third-order valence-electron chi connectivity index (χ3n) is 3.16. The van der Waals surface area contributed by atoms with Crippen molar-refractivity contribution in [3.8, 4) is 0 Å². The second-order valence-electron chi connectivity index (χ2n) is 4.66. The van der Waals surface area contributed by atoms with Crippen molar-refractivity contribution in [2.75, 3.05) is 7.05 Å². The van der Waals surface area contributed by atoms with E-state index in [4.69, 9.17) is 0 Å². The Balaban J connectivity index is 2.13. The van der Waals surface area contributed by atoms with Gasteiger partial charge in [0, 0.05) is 19.4 Å². The molecule has 0 unspecified atom stereocenters. The fourth-order valence-electron chi connectivity index (χ4n) is 2.10. The fourth-order valence-corrected chi connectivity index (χ4v) is 2.10. The second-order valence-corrected chi connectivity index (χ2v) is 4.66. The summed E-state index contributed by atoms with van der Waals surface area (Å²) in [6.07, 6.45) is 1.81. The van der Waals surface area contributed by atoms with Gasteiger partial charge in [-0.25, -0.2) is 9.67 Å². The van der Waals surface area contributed by atoms with Gasteiger partial charge in [-0.15, -0.1) is 0 Å². The van der Waals surface area contributed by atoms with Crippen molar-refractivity contribution in [3.63, 3.8) is 0 Å². The van der Waals surface area contributed by atoms with Crippen LogP contribution in [0, 0.1) is 0 Å². The van der Waals surface area contributed by atoms with Crippen molar-refractivity contribution in [1.82, 2.24) is 20.1 Å². The SMILES string of the molecule is CCc1nc(CC)n(Cc2ccc(CNC)cc2)n1. The molecule has 0 aliphatic heterocycles. The van der Waals surface area contributed by atoms with E-state index in [0.29, 0.717) is 0 Å². The number of nitrogens with one attached hydrogen (secondary N) is 1. The number of rotatable bonds is 6. The average molecular weight is 258 g/mol. The Labute approximate surface area is 114 Å². The highest BCUT2D eigenvalue weighted by atomic mass is 15.3. The second kappa shape index (κ2) is 6.48. The van der Waals surface area contributed by atoms with Crippen molar-refractivity contribution in [3.05, 3.63) is 47.0 Å². The van der Waals surface area contributed by atoms with Crippen LogP contribution in [0.15, 0.2) is 24.3 Å². The minimum atomic E-state index is 0.802. The highest BCUT2D eigenvalue weighted by Crippen LogP contribution is 2.08. The highest BCUT2D eigenvalue weighted by Gasteiger charge is 2.07. The normalized spacial score (nSPS) is 10.9. The summed E-state index contributed by atoms with van der Waals surface area (Å²) in [6.45, 7) is 5.92. The lowest BCUT2D eigenvalue weighted by Gasteiger charge is -2.06. The summed E-state index contributed by atoms with van der Waals surface area (Å²) in [4.78, 5) is 4.53. The third-order valence-corrected chi connectivity index (χ3v) is 3.16. The van der Waals surface area contributed by atoms with E-state index >= 15 is 0 Å². The first-order chi connectivity index (χ1) is 9.26. The molecule has 102 valence electrons. The van der Waals surface area contributed by atoms with E-state index in [-0.39, 0.29) is 0 Å². The molecule has 1 aromatic carbocycles. The van der Waals surface area contributed by atoms with Gasteiger partial charge < -0.3 is 5.32 Å². The number of aromatic nitrogens is 3. The molecule has 0 aliphatic carbocycles. The van der Waals surface area contributed by atoms with Gasteiger partial charge in [-0.2, -0.15) is 5.10 Å². The predicted octanol–water partition coefficient (Wildman–Crippen LogP) is 2.17. The Bertz CT molecular complexity index is 513. The van der Waals surface area contributed by atoms with Crippen molar-refractivity contribution < 1.29 is 0 Å². The molecule has 19 heavy (non-hydrogen) atoms. The molecule has 0 aliphatic rings. The Kier molecular flexibility index (Phi) is 4.68. The van der Waals surface area contributed by atoms with E-state index in [9.17, 15) is 0 Å². The van der Waals surface area contributed by atoms with Crippen LogP contribution in [0.25, 0.3) is 0 Å². The van der Waals surface area contributed by atoms with E-state index in [1.165, 1.54) is 11.1 Å². The first kappa shape index (κ1) is 13.7. The smallest absolute Gasteiger partial charge is 0.150 e. The van der Waals surface area contributed by atoms with Gasteiger partial charge in [-0.05, 0) is 18.2 Å². The van der Waals surface area contributed by atoms with E-state index in [1.807, 2.05) is 11.7 Å². The molecule has 0 atom stereocenters. The van der Waals surface area contributed by atoms with Gasteiger partial charge in [0.05, 0.1) is 6.54 Å². The Hall–Kier alpha value is -1.68. The zero-order chi connectivity index (χ0) is 13.7. The van der Waals surface area contributed by atoms with Gasteiger partial charge in [-0.1, -0.05) is 38.1 Å². The average Bonchev–Trinajstić information content (AvgIpc) is 2.83. The van der Waals surface area contributed by atoms with Crippen molar-refractivity contribution >= 4 is 0 Å². The summed E-state index contributed by atoms with van der Waals surface area (Å²) < 4.78 is 2.02. The quantitative estimate of drug-likeness (QED) is 0.863. The molecular weight excluding hydrogens is 236 g/mol. The standard InChI is InChI=1S/C15H22N4/c1-4-14-17-15(5-2)19(18-14)11-13-8-6-12(7-9-13)10-16-3/h6-9,16H,4-5,10-11H2,1-3H3. The van der Waals surface area contributed by atoms with Crippen molar-refractivity contribution in [2.45, 2.75) is 39.8 Å². The van der Waals surface area contributed by atoms with E-state index in [1.54, 1.807) is 0 Å². The van der Waals surface area contributed by atoms with E-state index in [0.717, 1.165) is 37.6 Å². The topological polar surface area (TPSA) is 42.7 Å². The molecule has 0 bridgehead atoms. The van der Waals surface area contributed by atoms with Crippen LogP contribution in [0.4, 0.5) is 0 Å². The molecule has 0 saturated heterocycles. The number of nitrogens with zero attached hydrogens (tertiary/aromatic N) is 3. The van der Waals surface area contributed by atoms with Crippen LogP contribution in [0.1, 0.15) is 36.6 Å². The van der Waals surface area contributed by atoms with E-state index < -0.39 is 0 Å². The summed E-state index contributed by atoms with van der Waals surface area (Å²) in [6, 6.07) is 8.66. The van der Waals surface area contributed by atoms with Crippen LogP contribution in [0.5, 0.6) is 0 Å². The Morgan fingerprint density at radius 1 is 1.05 bits per heavy atom. The summed E-state index contributed by atoms with van der Waals surface area (Å²) in [5.74, 6) is 2.00. The lowest BCUT2D eigenvalue weighted by Crippen LogP contribution is -2.07. The molecule has 0 spiro atoms.